The third kappa shape index (κ3) is 3.41. The Hall–Kier alpha value is -1.77. The molecule has 3 heterocycles. The molecule has 2 atom stereocenters. The fraction of sp³-hybridized carbons (Fsp3) is 0.556. The van der Waals surface area contributed by atoms with Crippen LogP contribution in [0, 0.1) is 0 Å². The van der Waals surface area contributed by atoms with Gasteiger partial charge in [-0.1, -0.05) is 12.1 Å². The van der Waals surface area contributed by atoms with Gasteiger partial charge in [-0.2, -0.15) is 0 Å². The van der Waals surface area contributed by atoms with E-state index < -0.39 is 9.84 Å². The molecule has 2 aromatic rings. The summed E-state index contributed by atoms with van der Waals surface area (Å²) in [4.78, 5) is 24.4. The molecule has 8 heteroatoms. The summed E-state index contributed by atoms with van der Waals surface area (Å²) in [6.07, 6.45) is 0.747. The summed E-state index contributed by atoms with van der Waals surface area (Å²) in [6.45, 7) is 5.44. The Morgan fingerprint density at radius 2 is 1.92 bits per heavy atom. The van der Waals surface area contributed by atoms with Gasteiger partial charge in [0.05, 0.1) is 28.5 Å². The second-order valence-corrected chi connectivity index (χ2v) is 9.50. The molecule has 140 valence electrons. The van der Waals surface area contributed by atoms with Gasteiger partial charge in [0.15, 0.2) is 9.84 Å². The smallest absolute Gasteiger partial charge is 0.258 e. The van der Waals surface area contributed by atoms with Crippen molar-refractivity contribution in [3.8, 4) is 0 Å². The number of aromatic nitrogens is 2. The highest BCUT2D eigenvalue weighted by atomic mass is 32.2. The van der Waals surface area contributed by atoms with E-state index in [0.717, 1.165) is 32.6 Å². The summed E-state index contributed by atoms with van der Waals surface area (Å²) < 4.78 is 23.4. The molecule has 26 heavy (non-hydrogen) atoms. The van der Waals surface area contributed by atoms with Crippen LogP contribution in [0.3, 0.4) is 0 Å². The van der Waals surface area contributed by atoms with Crippen LogP contribution in [0.1, 0.15) is 25.2 Å². The largest absolute Gasteiger partial charge is 0.309 e. The van der Waals surface area contributed by atoms with Gasteiger partial charge in [0.2, 0.25) is 0 Å². The normalized spacial score (nSPS) is 25.5. The van der Waals surface area contributed by atoms with Gasteiger partial charge in [-0.15, -0.1) is 0 Å². The number of para-hydroxylation sites is 1. The molecule has 0 saturated carbocycles. The van der Waals surface area contributed by atoms with Gasteiger partial charge in [0.25, 0.3) is 5.56 Å². The molecule has 0 bridgehead atoms. The molecule has 2 aliphatic heterocycles. The maximum atomic E-state index is 12.3. The zero-order valence-corrected chi connectivity index (χ0v) is 15.7. The van der Waals surface area contributed by atoms with Gasteiger partial charge in [-0.25, -0.2) is 13.4 Å². The summed E-state index contributed by atoms with van der Waals surface area (Å²) >= 11 is 0. The lowest BCUT2D eigenvalue weighted by molar-refractivity contribution is 0.0778. The minimum atomic E-state index is -2.85. The number of sulfone groups is 1. The van der Waals surface area contributed by atoms with Crippen LogP contribution in [-0.2, 0) is 9.84 Å². The molecule has 2 saturated heterocycles. The average Bonchev–Trinajstić information content (AvgIpc) is 3.01. The van der Waals surface area contributed by atoms with Gasteiger partial charge in [-0.05, 0) is 25.5 Å². The Labute approximate surface area is 152 Å². The summed E-state index contributed by atoms with van der Waals surface area (Å²) in [5, 5.41) is 0.607. The average molecular weight is 376 g/mol. The van der Waals surface area contributed by atoms with Crippen molar-refractivity contribution in [2.24, 2.45) is 0 Å². The summed E-state index contributed by atoms with van der Waals surface area (Å²) in [7, 11) is -2.85. The second kappa shape index (κ2) is 6.75. The molecule has 2 aliphatic rings. The summed E-state index contributed by atoms with van der Waals surface area (Å²) in [5.74, 6) is 1.30. The third-order valence-corrected chi connectivity index (χ3v) is 7.40. The molecule has 4 rings (SSSR count). The lowest BCUT2D eigenvalue weighted by atomic mass is 10.1. The van der Waals surface area contributed by atoms with E-state index in [-0.39, 0.29) is 17.6 Å². The maximum absolute atomic E-state index is 12.3. The molecule has 2 fully saturated rings. The highest BCUT2D eigenvalue weighted by molar-refractivity contribution is 7.91. The van der Waals surface area contributed by atoms with E-state index in [9.17, 15) is 13.2 Å². The summed E-state index contributed by atoms with van der Waals surface area (Å²) in [6, 6.07) is 7.55. The number of H-pyrrole nitrogens is 1. The minimum absolute atomic E-state index is 0.0155. The molecular weight excluding hydrogens is 352 g/mol. The predicted octanol–water partition coefficient (Wildman–Crippen LogP) is 0.789. The molecule has 7 nitrogen and oxygen atoms in total. The Morgan fingerprint density at radius 3 is 2.62 bits per heavy atom. The van der Waals surface area contributed by atoms with Crippen LogP contribution in [0.5, 0.6) is 0 Å². The monoisotopic (exact) mass is 376 g/mol. The van der Waals surface area contributed by atoms with Crippen molar-refractivity contribution in [3.63, 3.8) is 0 Å². The number of piperazine rings is 1. The SMILES string of the molecule is CC(c1nc2ccccc2c(=O)[nH]1)N1CCN(C2CCS(=O)(=O)C2)CC1. The van der Waals surface area contributed by atoms with Crippen LogP contribution in [-0.4, -0.2) is 71.9 Å². The van der Waals surface area contributed by atoms with Crippen molar-refractivity contribution < 1.29 is 8.42 Å². The molecule has 1 aromatic carbocycles. The highest BCUT2D eigenvalue weighted by Crippen LogP contribution is 2.23. The van der Waals surface area contributed by atoms with E-state index in [1.807, 2.05) is 18.2 Å². The van der Waals surface area contributed by atoms with Crippen LogP contribution in [0.4, 0.5) is 0 Å². The van der Waals surface area contributed by atoms with Crippen molar-refractivity contribution >= 4 is 20.7 Å². The first-order valence-corrected chi connectivity index (χ1v) is 10.9. The lowest BCUT2D eigenvalue weighted by Gasteiger charge is -2.39. The van der Waals surface area contributed by atoms with Gasteiger partial charge in [-0.3, -0.25) is 14.6 Å². The van der Waals surface area contributed by atoms with E-state index in [4.69, 9.17) is 0 Å². The summed E-state index contributed by atoms with van der Waals surface area (Å²) in [5.41, 5.74) is 0.611. The maximum Gasteiger partial charge on any atom is 0.258 e. The van der Waals surface area contributed by atoms with E-state index in [0.29, 0.717) is 28.2 Å². The van der Waals surface area contributed by atoms with E-state index in [2.05, 4.69) is 26.7 Å². The minimum Gasteiger partial charge on any atom is -0.309 e. The van der Waals surface area contributed by atoms with Crippen LogP contribution in [0.25, 0.3) is 10.9 Å². The Bertz CT molecular complexity index is 964. The third-order valence-electron chi connectivity index (χ3n) is 5.65. The van der Waals surface area contributed by atoms with Crippen molar-refractivity contribution in [1.82, 2.24) is 19.8 Å². The zero-order chi connectivity index (χ0) is 18.3. The molecule has 1 aromatic heterocycles. The van der Waals surface area contributed by atoms with Crippen LogP contribution >= 0.6 is 0 Å². The van der Waals surface area contributed by atoms with Crippen molar-refractivity contribution in [2.75, 3.05) is 37.7 Å². The van der Waals surface area contributed by atoms with Crippen molar-refractivity contribution in [1.29, 1.82) is 0 Å². The second-order valence-electron chi connectivity index (χ2n) is 7.27. The predicted molar refractivity (Wildman–Crippen MR) is 101 cm³/mol. The number of hydrogen-bond acceptors (Lipinski definition) is 6. The number of aromatic amines is 1. The highest BCUT2D eigenvalue weighted by Gasteiger charge is 2.34. The van der Waals surface area contributed by atoms with E-state index in [1.54, 1.807) is 6.07 Å². The first-order valence-electron chi connectivity index (χ1n) is 9.10. The van der Waals surface area contributed by atoms with E-state index >= 15 is 0 Å². The fourth-order valence-corrected chi connectivity index (χ4v) is 5.79. The number of hydrogen-bond donors (Lipinski definition) is 1. The van der Waals surface area contributed by atoms with Gasteiger partial charge in [0.1, 0.15) is 5.82 Å². The zero-order valence-electron chi connectivity index (χ0n) is 14.9. The number of benzene rings is 1. The van der Waals surface area contributed by atoms with Gasteiger partial charge in [0, 0.05) is 32.2 Å². The van der Waals surface area contributed by atoms with E-state index in [1.165, 1.54) is 0 Å². The fourth-order valence-electron chi connectivity index (χ4n) is 4.03. The Kier molecular flexibility index (Phi) is 4.58. The lowest BCUT2D eigenvalue weighted by Crippen LogP contribution is -2.51. The quantitative estimate of drug-likeness (QED) is 0.852. The number of fused-ring (bicyclic) bond motifs is 1. The van der Waals surface area contributed by atoms with Crippen LogP contribution in [0.15, 0.2) is 29.1 Å². The Morgan fingerprint density at radius 1 is 1.19 bits per heavy atom. The molecule has 0 spiro atoms. The van der Waals surface area contributed by atoms with Crippen LogP contribution in [0.2, 0.25) is 0 Å². The molecule has 0 amide bonds. The standard InChI is InChI=1S/C18H24N4O3S/c1-13(17-19-16-5-3-2-4-15(16)18(23)20-17)21-7-9-22(10-8-21)14-6-11-26(24,25)12-14/h2-5,13-14H,6-12H2,1H3,(H,19,20,23). The number of rotatable bonds is 3. The topological polar surface area (TPSA) is 86.4 Å². The number of nitrogens with zero attached hydrogens (tertiary/aromatic N) is 3. The first kappa shape index (κ1) is 17.6. The molecular formula is C18H24N4O3S. The van der Waals surface area contributed by atoms with Crippen LogP contribution < -0.4 is 5.56 Å². The molecule has 0 aliphatic carbocycles. The van der Waals surface area contributed by atoms with Gasteiger partial charge < -0.3 is 4.98 Å². The van der Waals surface area contributed by atoms with Gasteiger partial charge >= 0.3 is 0 Å². The number of nitrogens with one attached hydrogen (secondary N) is 1. The molecule has 0 radical (unpaired) electrons. The van der Waals surface area contributed by atoms with Crippen molar-refractivity contribution in [2.45, 2.75) is 25.4 Å². The van der Waals surface area contributed by atoms with Crippen molar-refractivity contribution in [3.05, 3.63) is 40.4 Å². The molecule has 1 N–H and O–H groups in total. The molecule has 2 unspecified atom stereocenters. The Balaban J connectivity index is 1.45. The first-order chi connectivity index (χ1) is 12.4.